The summed E-state index contributed by atoms with van der Waals surface area (Å²) in [6.45, 7) is 5.22. The zero-order chi connectivity index (χ0) is 17.9. The molecule has 0 spiro atoms. The third-order valence-corrected chi connectivity index (χ3v) is 4.95. The Labute approximate surface area is 154 Å². The van der Waals surface area contributed by atoms with Crippen molar-refractivity contribution in [3.8, 4) is 11.4 Å². The lowest BCUT2D eigenvalue weighted by Crippen LogP contribution is -2.48. The van der Waals surface area contributed by atoms with Gasteiger partial charge in [-0.05, 0) is 18.4 Å². The van der Waals surface area contributed by atoms with Gasteiger partial charge in [0.1, 0.15) is 5.69 Å². The topological polar surface area (TPSA) is 88.3 Å². The van der Waals surface area contributed by atoms with Crippen LogP contribution in [0.3, 0.4) is 0 Å². The fraction of sp³-hybridized carbons (Fsp3) is 0.353. The molecule has 1 fully saturated rings. The first kappa shape index (κ1) is 16.8. The first-order valence-electron chi connectivity index (χ1n) is 8.34. The van der Waals surface area contributed by atoms with E-state index in [0.717, 1.165) is 24.3 Å². The van der Waals surface area contributed by atoms with Gasteiger partial charge in [-0.2, -0.15) is 16.3 Å². The molecule has 0 unspecified atom stereocenters. The summed E-state index contributed by atoms with van der Waals surface area (Å²) in [6, 6.07) is 1.97. The highest BCUT2D eigenvalue weighted by Gasteiger charge is 2.24. The molecule has 0 aliphatic carbocycles. The maximum atomic E-state index is 12.5. The summed E-state index contributed by atoms with van der Waals surface area (Å²) < 4.78 is 5.35. The molecule has 1 saturated heterocycles. The first-order chi connectivity index (χ1) is 12.7. The standard InChI is InChI=1S/C17H18N6O2S/c1-12-8-19-14(9-18-12)17(24)23-5-3-22(4-6-23)10-15-20-16(21-25-15)13-2-7-26-11-13/h2,7-9,11H,3-6,10H2,1H3. The monoisotopic (exact) mass is 370 g/mol. The minimum absolute atomic E-state index is 0.0744. The zero-order valence-electron chi connectivity index (χ0n) is 14.3. The van der Waals surface area contributed by atoms with Crippen molar-refractivity contribution in [2.24, 2.45) is 0 Å². The van der Waals surface area contributed by atoms with Crippen molar-refractivity contribution in [2.75, 3.05) is 26.2 Å². The van der Waals surface area contributed by atoms with E-state index in [9.17, 15) is 4.79 Å². The Kier molecular flexibility index (Phi) is 4.72. The molecule has 0 N–H and O–H groups in total. The highest BCUT2D eigenvalue weighted by molar-refractivity contribution is 7.08. The lowest BCUT2D eigenvalue weighted by molar-refractivity contribution is 0.0609. The minimum Gasteiger partial charge on any atom is -0.338 e. The minimum atomic E-state index is -0.0744. The van der Waals surface area contributed by atoms with Gasteiger partial charge in [0.15, 0.2) is 0 Å². The molecule has 3 aromatic heterocycles. The van der Waals surface area contributed by atoms with Gasteiger partial charge in [0.25, 0.3) is 5.91 Å². The quantitative estimate of drug-likeness (QED) is 0.692. The Morgan fingerprint density at radius 2 is 2.08 bits per heavy atom. The Bertz CT molecular complexity index is 869. The Morgan fingerprint density at radius 1 is 1.23 bits per heavy atom. The number of nitrogens with zero attached hydrogens (tertiary/aromatic N) is 6. The number of carbonyl (C=O) groups excluding carboxylic acids is 1. The SMILES string of the molecule is Cc1cnc(C(=O)N2CCN(Cc3nc(-c4ccsc4)no3)CC2)cn1. The second-order valence-electron chi connectivity index (χ2n) is 6.14. The fourth-order valence-corrected chi connectivity index (χ4v) is 3.43. The summed E-state index contributed by atoms with van der Waals surface area (Å²) in [4.78, 5) is 29.2. The molecule has 9 heteroatoms. The van der Waals surface area contributed by atoms with Gasteiger partial charge in [0.2, 0.25) is 11.7 Å². The van der Waals surface area contributed by atoms with E-state index in [0.29, 0.717) is 37.0 Å². The lowest BCUT2D eigenvalue weighted by atomic mass is 10.2. The average Bonchev–Trinajstić information content (AvgIpc) is 3.34. The molecular formula is C17H18N6O2S. The number of rotatable bonds is 4. The van der Waals surface area contributed by atoms with E-state index in [2.05, 4.69) is 25.0 Å². The molecule has 1 amide bonds. The van der Waals surface area contributed by atoms with Gasteiger partial charge in [-0.3, -0.25) is 14.7 Å². The van der Waals surface area contributed by atoms with E-state index in [1.807, 2.05) is 23.8 Å². The van der Waals surface area contributed by atoms with Crippen LogP contribution >= 0.6 is 11.3 Å². The van der Waals surface area contributed by atoms with Crippen LogP contribution in [0.25, 0.3) is 11.4 Å². The smallest absolute Gasteiger partial charge is 0.274 e. The molecule has 0 radical (unpaired) electrons. The number of hydrogen-bond acceptors (Lipinski definition) is 8. The molecule has 0 aromatic carbocycles. The molecule has 1 aliphatic rings. The first-order valence-corrected chi connectivity index (χ1v) is 9.29. The lowest BCUT2D eigenvalue weighted by Gasteiger charge is -2.33. The molecule has 0 saturated carbocycles. The highest BCUT2D eigenvalue weighted by atomic mass is 32.1. The summed E-state index contributed by atoms with van der Waals surface area (Å²) in [5.41, 5.74) is 2.16. The van der Waals surface area contributed by atoms with Gasteiger partial charge in [-0.25, -0.2) is 4.98 Å². The van der Waals surface area contributed by atoms with Crippen molar-refractivity contribution < 1.29 is 9.32 Å². The molecule has 26 heavy (non-hydrogen) atoms. The van der Waals surface area contributed by atoms with E-state index in [1.165, 1.54) is 6.20 Å². The molecule has 0 atom stereocenters. The predicted octanol–water partition coefficient (Wildman–Crippen LogP) is 1.85. The van der Waals surface area contributed by atoms with Crippen molar-refractivity contribution in [3.63, 3.8) is 0 Å². The Balaban J connectivity index is 1.32. The summed E-state index contributed by atoms with van der Waals surface area (Å²) in [5, 5.41) is 8.01. The van der Waals surface area contributed by atoms with Crippen LogP contribution in [0.5, 0.6) is 0 Å². The van der Waals surface area contributed by atoms with E-state index >= 15 is 0 Å². The third kappa shape index (κ3) is 3.63. The van der Waals surface area contributed by atoms with Gasteiger partial charge in [-0.1, -0.05) is 5.16 Å². The van der Waals surface area contributed by atoms with Crippen LogP contribution in [-0.2, 0) is 6.54 Å². The summed E-state index contributed by atoms with van der Waals surface area (Å²) >= 11 is 1.60. The second kappa shape index (κ2) is 7.30. The zero-order valence-corrected chi connectivity index (χ0v) is 15.1. The van der Waals surface area contributed by atoms with Gasteiger partial charge < -0.3 is 9.42 Å². The summed E-state index contributed by atoms with van der Waals surface area (Å²) in [6.07, 6.45) is 3.15. The number of carbonyl (C=O) groups is 1. The normalized spacial score (nSPS) is 15.3. The van der Waals surface area contributed by atoms with E-state index in [4.69, 9.17) is 4.52 Å². The van der Waals surface area contributed by atoms with Crippen LogP contribution < -0.4 is 0 Å². The van der Waals surface area contributed by atoms with Crippen LogP contribution in [0.4, 0.5) is 0 Å². The van der Waals surface area contributed by atoms with Crippen molar-refractivity contribution in [2.45, 2.75) is 13.5 Å². The number of amides is 1. The van der Waals surface area contributed by atoms with Crippen LogP contribution in [0.15, 0.2) is 33.7 Å². The Hall–Kier alpha value is -2.65. The number of piperazine rings is 1. The molecule has 4 rings (SSSR count). The van der Waals surface area contributed by atoms with Gasteiger partial charge in [0.05, 0.1) is 18.4 Å². The maximum Gasteiger partial charge on any atom is 0.274 e. The van der Waals surface area contributed by atoms with Crippen molar-refractivity contribution in [1.82, 2.24) is 29.9 Å². The van der Waals surface area contributed by atoms with Crippen LogP contribution in [-0.4, -0.2) is 62.0 Å². The van der Waals surface area contributed by atoms with Crippen molar-refractivity contribution in [1.29, 1.82) is 0 Å². The largest absolute Gasteiger partial charge is 0.338 e. The number of aromatic nitrogens is 4. The van der Waals surface area contributed by atoms with Crippen molar-refractivity contribution >= 4 is 17.2 Å². The molecule has 1 aliphatic heterocycles. The molecular weight excluding hydrogens is 352 g/mol. The molecule has 0 bridgehead atoms. The van der Waals surface area contributed by atoms with Gasteiger partial charge in [-0.15, -0.1) is 0 Å². The van der Waals surface area contributed by atoms with Crippen LogP contribution in [0.1, 0.15) is 22.1 Å². The van der Waals surface area contributed by atoms with Crippen LogP contribution in [0, 0.1) is 6.92 Å². The maximum absolute atomic E-state index is 12.5. The van der Waals surface area contributed by atoms with Gasteiger partial charge >= 0.3 is 0 Å². The number of hydrogen-bond donors (Lipinski definition) is 0. The summed E-state index contributed by atoms with van der Waals surface area (Å²) in [7, 11) is 0. The molecule has 3 aromatic rings. The van der Waals surface area contributed by atoms with E-state index < -0.39 is 0 Å². The van der Waals surface area contributed by atoms with Crippen LogP contribution in [0.2, 0.25) is 0 Å². The number of thiophene rings is 1. The van der Waals surface area contributed by atoms with Gasteiger partial charge in [0, 0.05) is 43.3 Å². The van der Waals surface area contributed by atoms with E-state index in [-0.39, 0.29) is 5.91 Å². The third-order valence-electron chi connectivity index (χ3n) is 4.27. The molecule has 8 nitrogen and oxygen atoms in total. The second-order valence-corrected chi connectivity index (χ2v) is 6.92. The molecule has 134 valence electrons. The molecule has 4 heterocycles. The number of aryl methyl sites for hydroxylation is 1. The highest BCUT2D eigenvalue weighted by Crippen LogP contribution is 2.19. The van der Waals surface area contributed by atoms with E-state index in [1.54, 1.807) is 22.4 Å². The fourth-order valence-electron chi connectivity index (χ4n) is 2.79. The predicted molar refractivity (Wildman–Crippen MR) is 95.6 cm³/mol. The van der Waals surface area contributed by atoms with Crippen molar-refractivity contribution in [3.05, 3.63) is 46.5 Å². The average molecular weight is 370 g/mol. The summed E-state index contributed by atoms with van der Waals surface area (Å²) in [5.74, 6) is 1.14. The Morgan fingerprint density at radius 3 is 2.77 bits per heavy atom.